The van der Waals surface area contributed by atoms with Crippen LogP contribution in [-0.4, -0.2) is 25.5 Å². The van der Waals surface area contributed by atoms with Crippen molar-refractivity contribution >= 4 is 22.7 Å². The second-order valence-electron chi connectivity index (χ2n) is 6.09. The number of ether oxygens (including phenoxy) is 2. The van der Waals surface area contributed by atoms with E-state index in [4.69, 9.17) is 13.9 Å². The highest BCUT2D eigenvalue weighted by atomic mass is 19.1. The van der Waals surface area contributed by atoms with E-state index in [-0.39, 0.29) is 30.4 Å². The van der Waals surface area contributed by atoms with Crippen molar-refractivity contribution in [3.63, 3.8) is 0 Å². The first-order chi connectivity index (χ1) is 13.0. The summed E-state index contributed by atoms with van der Waals surface area (Å²) in [6, 6.07) is 10.7. The second kappa shape index (κ2) is 8.03. The molecule has 0 radical (unpaired) electrons. The van der Waals surface area contributed by atoms with Crippen molar-refractivity contribution in [1.82, 2.24) is 0 Å². The van der Waals surface area contributed by atoms with Gasteiger partial charge >= 0.3 is 5.97 Å². The Morgan fingerprint density at radius 3 is 2.56 bits per heavy atom. The van der Waals surface area contributed by atoms with Crippen molar-refractivity contribution in [2.24, 2.45) is 0 Å². The Kier molecular flexibility index (Phi) is 5.54. The van der Waals surface area contributed by atoms with Gasteiger partial charge in [0.05, 0.1) is 13.7 Å². The Bertz CT molecular complexity index is 972. The van der Waals surface area contributed by atoms with Gasteiger partial charge in [-0.05, 0) is 55.8 Å². The zero-order valence-corrected chi connectivity index (χ0v) is 15.1. The number of Topliss-reactive ketones (excluding diaryl/α,β-unsaturated/α-hetero) is 1. The van der Waals surface area contributed by atoms with Crippen molar-refractivity contribution in [3.05, 3.63) is 65.2 Å². The van der Waals surface area contributed by atoms with Crippen LogP contribution in [0.5, 0.6) is 5.75 Å². The van der Waals surface area contributed by atoms with Crippen LogP contribution in [-0.2, 0) is 4.74 Å². The first-order valence-corrected chi connectivity index (χ1v) is 8.52. The molecule has 0 N–H and O–H groups in total. The Morgan fingerprint density at radius 2 is 1.85 bits per heavy atom. The topological polar surface area (TPSA) is 65.7 Å². The predicted molar refractivity (Wildman–Crippen MR) is 97.8 cm³/mol. The van der Waals surface area contributed by atoms with Crippen LogP contribution in [0.4, 0.5) is 4.39 Å². The van der Waals surface area contributed by atoms with Crippen LogP contribution in [0.1, 0.15) is 39.3 Å². The number of methoxy groups -OCH3 is 1. The van der Waals surface area contributed by atoms with Crippen molar-refractivity contribution in [2.45, 2.75) is 19.8 Å². The minimum Gasteiger partial charge on any atom is -0.497 e. The summed E-state index contributed by atoms with van der Waals surface area (Å²) in [5.41, 5.74) is 1.69. The largest absolute Gasteiger partial charge is 0.497 e. The molecule has 0 saturated heterocycles. The maximum Gasteiger partial charge on any atom is 0.374 e. The van der Waals surface area contributed by atoms with E-state index >= 15 is 0 Å². The van der Waals surface area contributed by atoms with Gasteiger partial charge in [0, 0.05) is 22.9 Å². The normalized spacial score (nSPS) is 10.8. The lowest BCUT2D eigenvalue weighted by Crippen LogP contribution is -2.08. The van der Waals surface area contributed by atoms with E-state index in [0.29, 0.717) is 28.9 Å². The number of hydrogen-bond donors (Lipinski definition) is 0. The maximum atomic E-state index is 12.9. The van der Waals surface area contributed by atoms with Crippen molar-refractivity contribution in [1.29, 1.82) is 0 Å². The predicted octanol–water partition coefficient (Wildman–Crippen LogP) is 4.71. The fourth-order valence-corrected chi connectivity index (χ4v) is 2.76. The van der Waals surface area contributed by atoms with Crippen LogP contribution in [0, 0.1) is 12.7 Å². The summed E-state index contributed by atoms with van der Waals surface area (Å²) >= 11 is 0. The third-order valence-corrected chi connectivity index (χ3v) is 4.28. The number of ketones is 1. The molecule has 0 saturated carbocycles. The number of rotatable bonds is 7. The zero-order valence-electron chi connectivity index (χ0n) is 15.1. The van der Waals surface area contributed by atoms with Crippen molar-refractivity contribution in [2.75, 3.05) is 13.7 Å². The smallest absolute Gasteiger partial charge is 0.374 e. The van der Waals surface area contributed by atoms with E-state index in [1.54, 1.807) is 32.2 Å². The average molecular weight is 370 g/mol. The van der Waals surface area contributed by atoms with E-state index < -0.39 is 5.97 Å². The second-order valence-corrected chi connectivity index (χ2v) is 6.09. The number of halogens is 1. The molecule has 0 unspecified atom stereocenters. The highest BCUT2D eigenvalue weighted by Gasteiger charge is 2.19. The number of carbonyl (C=O) groups is 2. The maximum absolute atomic E-state index is 12.9. The highest BCUT2D eigenvalue weighted by molar-refractivity contribution is 5.97. The first-order valence-electron chi connectivity index (χ1n) is 8.52. The molecule has 27 heavy (non-hydrogen) atoms. The van der Waals surface area contributed by atoms with E-state index in [2.05, 4.69) is 0 Å². The first kappa shape index (κ1) is 18.6. The van der Waals surface area contributed by atoms with Crippen LogP contribution in [0.25, 0.3) is 11.0 Å². The van der Waals surface area contributed by atoms with Crippen LogP contribution in [0.3, 0.4) is 0 Å². The van der Waals surface area contributed by atoms with Gasteiger partial charge in [-0.1, -0.05) is 0 Å². The van der Waals surface area contributed by atoms with Crippen molar-refractivity contribution < 1.29 is 27.9 Å². The van der Waals surface area contributed by atoms with E-state index in [0.717, 1.165) is 5.39 Å². The van der Waals surface area contributed by atoms with E-state index in [9.17, 15) is 14.0 Å². The van der Waals surface area contributed by atoms with Gasteiger partial charge in [-0.3, -0.25) is 4.79 Å². The number of benzene rings is 2. The summed E-state index contributed by atoms with van der Waals surface area (Å²) in [5, 5.41) is 0.785. The zero-order chi connectivity index (χ0) is 19.4. The molecule has 1 heterocycles. The molecule has 0 aliphatic rings. The number of esters is 1. The molecule has 0 amide bonds. The molecule has 140 valence electrons. The standard InChI is InChI=1S/C21H19FO5/c1-13-17-12-16(25-2)9-10-19(17)27-20(13)21(24)26-11-3-4-18(23)14-5-7-15(22)8-6-14/h5-10,12H,3-4,11H2,1-2H3. The molecular weight excluding hydrogens is 351 g/mol. The van der Waals surface area contributed by atoms with Crippen LogP contribution in [0.2, 0.25) is 0 Å². The molecule has 0 aliphatic heterocycles. The fraction of sp³-hybridized carbons (Fsp3) is 0.238. The Hall–Kier alpha value is -3.15. The number of furan rings is 1. The summed E-state index contributed by atoms with van der Waals surface area (Å²) in [6.07, 6.45) is 0.574. The summed E-state index contributed by atoms with van der Waals surface area (Å²) in [6.45, 7) is 1.87. The molecule has 1 aromatic heterocycles. The number of hydrogen-bond acceptors (Lipinski definition) is 5. The third-order valence-electron chi connectivity index (χ3n) is 4.28. The lowest BCUT2D eigenvalue weighted by Gasteiger charge is -2.04. The molecule has 0 bridgehead atoms. The summed E-state index contributed by atoms with van der Waals surface area (Å²) in [7, 11) is 1.57. The van der Waals surface area contributed by atoms with Gasteiger partial charge in [0.25, 0.3) is 0 Å². The van der Waals surface area contributed by atoms with E-state index in [1.165, 1.54) is 24.3 Å². The van der Waals surface area contributed by atoms with Crippen LogP contribution < -0.4 is 4.74 Å². The van der Waals surface area contributed by atoms with Crippen LogP contribution in [0.15, 0.2) is 46.9 Å². The van der Waals surface area contributed by atoms with Gasteiger partial charge in [-0.15, -0.1) is 0 Å². The van der Waals surface area contributed by atoms with Gasteiger partial charge in [0.15, 0.2) is 5.78 Å². The fourth-order valence-electron chi connectivity index (χ4n) is 2.76. The molecule has 3 rings (SSSR count). The van der Waals surface area contributed by atoms with Gasteiger partial charge in [-0.25, -0.2) is 9.18 Å². The molecule has 0 fully saturated rings. The Balaban J connectivity index is 1.56. The molecule has 5 nitrogen and oxygen atoms in total. The van der Waals surface area contributed by atoms with Gasteiger partial charge in [0.1, 0.15) is 17.1 Å². The molecule has 3 aromatic rings. The molecule has 6 heteroatoms. The molecular formula is C21H19FO5. The average Bonchev–Trinajstić information content (AvgIpc) is 3.01. The SMILES string of the molecule is COc1ccc2oc(C(=O)OCCCC(=O)c3ccc(F)cc3)c(C)c2c1. The molecule has 0 aliphatic carbocycles. The van der Waals surface area contributed by atoms with E-state index in [1.807, 2.05) is 0 Å². The van der Waals surface area contributed by atoms with Crippen LogP contribution >= 0.6 is 0 Å². The Morgan fingerprint density at radius 1 is 1.11 bits per heavy atom. The quantitative estimate of drug-likeness (QED) is 0.342. The van der Waals surface area contributed by atoms with Crippen molar-refractivity contribution in [3.8, 4) is 5.75 Å². The minimum atomic E-state index is -0.572. The van der Waals surface area contributed by atoms with Gasteiger partial charge < -0.3 is 13.9 Å². The number of fused-ring (bicyclic) bond motifs is 1. The molecule has 0 spiro atoms. The number of carbonyl (C=O) groups excluding carboxylic acids is 2. The monoisotopic (exact) mass is 370 g/mol. The lowest BCUT2D eigenvalue weighted by molar-refractivity contribution is 0.0460. The summed E-state index contributed by atoms with van der Waals surface area (Å²) in [4.78, 5) is 24.3. The highest BCUT2D eigenvalue weighted by Crippen LogP contribution is 2.29. The number of aryl methyl sites for hydroxylation is 1. The summed E-state index contributed by atoms with van der Waals surface area (Å²) < 4.78 is 28.9. The third kappa shape index (κ3) is 4.16. The lowest BCUT2D eigenvalue weighted by atomic mass is 10.1. The van der Waals surface area contributed by atoms with Gasteiger partial charge in [0.2, 0.25) is 5.76 Å². The minimum absolute atomic E-state index is 0.0889. The van der Waals surface area contributed by atoms with Gasteiger partial charge in [-0.2, -0.15) is 0 Å². The summed E-state index contributed by atoms with van der Waals surface area (Å²) in [5.74, 6) is -0.275. The Labute approximate surface area is 155 Å². The molecule has 2 aromatic carbocycles. The molecule has 0 atom stereocenters.